The van der Waals surface area contributed by atoms with Crippen LogP contribution in [-0.2, 0) is 20.9 Å². The zero-order valence-electron chi connectivity index (χ0n) is 23.2. The lowest BCUT2D eigenvalue weighted by Crippen LogP contribution is -2.45. The molecule has 4 heterocycles. The van der Waals surface area contributed by atoms with Gasteiger partial charge in [0.15, 0.2) is 5.65 Å². The van der Waals surface area contributed by atoms with E-state index in [4.69, 9.17) is 14.7 Å². The molecule has 40 heavy (non-hydrogen) atoms. The molecular weight excluding hydrogens is 508 g/mol. The van der Waals surface area contributed by atoms with E-state index in [2.05, 4.69) is 41.5 Å². The lowest BCUT2D eigenvalue weighted by Gasteiger charge is -2.28. The molecule has 3 aromatic rings. The van der Waals surface area contributed by atoms with E-state index in [1.807, 2.05) is 24.4 Å². The van der Waals surface area contributed by atoms with Crippen LogP contribution in [0.3, 0.4) is 0 Å². The first-order valence-electron chi connectivity index (χ1n) is 14.1. The average molecular weight is 547 g/mol. The Labute approximate surface area is 234 Å². The van der Waals surface area contributed by atoms with Crippen molar-refractivity contribution in [3.63, 3.8) is 0 Å². The van der Waals surface area contributed by atoms with Gasteiger partial charge in [0.2, 0.25) is 17.8 Å². The van der Waals surface area contributed by atoms with E-state index < -0.39 is 5.91 Å². The number of carbonyl (C=O) groups is 2. The van der Waals surface area contributed by atoms with Gasteiger partial charge in [-0.2, -0.15) is 19.6 Å². The maximum Gasteiger partial charge on any atom is 0.257 e. The first kappa shape index (κ1) is 27.7. The van der Waals surface area contributed by atoms with Gasteiger partial charge in [-0.1, -0.05) is 32.6 Å². The topological polar surface area (TPSA) is 126 Å². The highest BCUT2D eigenvalue weighted by Crippen LogP contribution is 2.25. The van der Waals surface area contributed by atoms with E-state index in [-0.39, 0.29) is 23.8 Å². The van der Waals surface area contributed by atoms with Crippen molar-refractivity contribution in [2.75, 3.05) is 41.8 Å². The quantitative estimate of drug-likeness (QED) is 0.346. The summed E-state index contributed by atoms with van der Waals surface area (Å²) in [6.45, 7) is 11.1. The molecule has 2 fully saturated rings. The van der Waals surface area contributed by atoms with Gasteiger partial charge in [-0.3, -0.25) is 9.59 Å². The molecule has 11 heteroatoms. The Morgan fingerprint density at radius 1 is 1.25 bits per heavy atom. The maximum atomic E-state index is 13.4. The van der Waals surface area contributed by atoms with Crippen LogP contribution in [0.15, 0.2) is 43.1 Å². The second kappa shape index (κ2) is 12.6. The van der Waals surface area contributed by atoms with Gasteiger partial charge in [-0.15, -0.1) is 0 Å². The fourth-order valence-corrected chi connectivity index (χ4v) is 5.19. The van der Waals surface area contributed by atoms with E-state index in [1.165, 1.54) is 11.0 Å². The van der Waals surface area contributed by atoms with Crippen molar-refractivity contribution in [3.8, 4) is 0 Å². The highest BCUT2D eigenvalue weighted by Gasteiger charge is 2.30. The summed E-state index contributed by atoms with van der Waals surface area (Å²) in [7, 11) is 0. The zero-order valence-corrected chi connectivity index (χ0v) is 23.2. The van der Waals surface area contributed by atoms with Crippen molar-refractivity contribution in [1.29, 1.82) is 0 Å². The Hall–Kier alpha value is -3.83. The minimum absolute atomic E-state index is 0.207. The SMILES string of the molecule is C=CC(=O)N(C(=O)C1CCCNC1)c1cccc(CNc2nc(NC3CCOCC3)nc3c(C(C)C)cnn23)c1. The van der Waals surface area contributed by atoms with Gasteiger partial charge >= 0.3 is 0 Å². The number of aromatic nitrogens is 4. The number of anilines is 3. The summed E-state index contributed by atoms with van der Waals surface area (Å²) in [5.41, 5.74) is 3.20. The molecule has 0 aliphatic carbocycles. The monoisotopic (exact) mass is 546 g/mol. The molecular formula is C29H38N8O3. The number of nitrogens with zero attached hydrogens (tertiary/aromatic N) is 5. The number of piperidine rings is 1. The number of carbonyl (C=O) groups excluding carboxylic acids is 2. The number of imide groups is 1. The van der Waals surface area contributed by atoms with E-state index >= 15 is 0 Å². The van der Waals surface area contributed by atoms with Crippen molar-refractivity contribution < 1.29 is 14.3 Å². The molecule has 5 rings (SSSR count). The van der Waals surface area contributed by atoms with Gasteiger partial charge in [0.25, 0.3) is 5.91 Å². The van der Waals surface area contributed by atoms with Gasteiger partial charge in [0, 0.05) is 37.9 Å². The highest BCUT2D eigenvalue weighted by atomic mass is 16.5. The van der Waals surface area contributed by atoms with Gasteiger partial charge in [-0.05, 0) is 61.9 Å². The summed E-state index contributed by atoms with van der Waals surface area (Å²) in [4.78, 5) is 37.0. The molecule has 0 radical (unpaired) electrons. The minimum atomic E-state index is -0.431. The number of hydrogen-bond donors (Lipinski definition) is 3. The molecule has 0 saturated carbocycles. The van der Waals surface area contributed by atoms with Crippen molar-refractivity contribution in [2.45, 2.75) is 58.0 Å². The van der Waals surface area contributed by atoms with Crippen LogP contribution >= 0.6 is 0 Å². The Morgan fingerprint density at radius 3 is 2.80 bits per heavy atom. The molecule has 2 aromatic heterocycles. The van der Waals surface area contributed by atoms with Crippen molar-refractivity contribution in [3.05, 3.63) is 54.2 Å². The molecule has 11 nitrogen and oxygen atoms in total. The summed E-state index contributed by atoms with van der Waals surface area (Å²) < 4.78 is 7.22. The number of hydrogen-bond acceptors (Lipinski definition) is 9. The number of ether oxygens (including phenoxy) is 1. The summed E-state index contributed by atoms with van der Waals surface area (Å²) in [6.07, 6.45) is 6.48. The first-order valence-corrected chi connectivity index (χ1v) is 14.1. The van der Waals surface area contributed by atoms with Crippen LogP contribution in [0.5, 0.6) is 0 Å². The molecule has 2 amide bonds. The van der Waals surface area contributed by atoms with Crippen LogP contribution < -0.4 is 20.9 Å². The second-order valence-electron chi connectivity index (χ2n) is 10.7. The Morgan fingerprint density at radius 2 is 2.08 bits per heavy atom. The van der Waals surface area contributed by atoms with Gasteiger partial charge in [0.1, 0.15) is 0 Å². The fraction of sp³-hybridized carbons (Fsp3) is 0.483. The molecule has 1 unspecified atom stereocenters. The molecule has 2 aliphatic rings. The van der Waals surface area contributed by atoms with E-state index in [9.17, 15) is 9.59 Å². The minimum Gasteiger partial charge on any atom is -0.381 e. The molecule has 1 atom stereocenters. The highest BCUT2D eigenvalue weighted by molar-refractivity contribution is 6.19. The number of fused-ring (bicyclic) bond motifs is 1. The van der Waals surface area contributed by atoms with Crippen molar-refractivity contribution >= 4 is 35.0 Å². The molecule has 1 aromatic carbocycles. The predicted octanol–water partition coefficient (Wildman–Crippen LogP) is 3.50. The lowest BCUT2D eigenvalue weighted by atomic mass is 9.97. The Balaban J connectivity index is 1.39. The number of rotatable bonds is 9. The molecule has 212 valence electrons. The van der Waals surface area contributed by atoms with Crippen molar-refractivity contribution in [2.24, 2.45) is 5.92 Å². The molecule has 3 N–H and O–H groups in total. The van der Waals surface area contributed by atoms with E-state index in [1.54, 1.807) is 10.6 Å². The number of benzene rings is 1. The van der Waals surface area contributed by atoms with Crippen LogP contribution in [-0.4, -0.2) is 63.7 Å². The van der Waals surface area contributed by atoms with Gasteiger partial charge in [0.05, 0.1) is 17.8 Å². The summed E-state index contributed by atoms with van der Waals surface area (Å²) in [6, 6.07) is 7.67. The lowest BCUT2D eigenvalue weighted by molar-refractivity contribution is -0.127. The Bertz CT molecular complexity index is 1360. The number of amides is 2. The van der Waals surface area contributed by atoms with Gasteiger partial charge in [-0.25, -0.2) is 4.90 Å². The first-order chi connectivity index (χ1) is 19.4. The summed E-state index contributed by atoms with van der Waals surface area (Å²) >= 11 is 0. The standard InChI is InChI=1S/C29H38N8O3/c1-4-25(38)36(27(39)21-8-6-12-30-17-21)23-9-5-7-20(15-23)16-31-29-35-28(33-22-10-13-40-14-11-22)34-26-24(19(2)3)18-32-37(26)29/h4-5,7,9,15,18-19,21-22,30H,1,6,8,10-14,16-17H2,2-3H3,(H2,31,33,34,35). The van der Waals surface area contributed by atoms with E-state index in [0.29, 0.717) is 30.7 Å². The van der Waals surface area contributed by atoms with Crippen LogP contribution in [0, 0.1) is 5.92 Å². The fourth-order valence-electron chi connectivity index (χ4n) is 5.19. The molecule has 0 bridgehead atoms. The molecule has 2 saturated heterocycles. The van der Waals surface area contributed by atoms with Gasteiger partial charge < -0.3 is 20.7 Å². The average Bonchev–Trinajstić information content (AvgIpc) is 3.42. The maximum absolute atomic E-state index is 13.4. The smallest absolute Gasteiger partial charge is 0.257 e. The normalized spacial score (nSPS) is 18.0. The molecule has 0 spiro atoms. The molecule has 2 aliphatic heterocycles. The van der Waals surface area contributed by atoms with Crippen LogP contribution in [0.1, 0.15) is 56.6 Å². The van der Waals surface area contributed by atoms with Crippen LogP contribution in [0.25, 0.3) is 5.65 Å². The van der Waals surface area contributed by atoms with Crippen LogP contribution in [0.2, 0.25) is 0 Å². The zero-order chi connectivity index (χ0) is 28.1. The third-order valence-electron chi connectivity index (χ3n) is 7.45. The van der Waals surface area contributed by atoms with Crippen LogP contribution in [0.4, 0.5) is 17.6 Å². The van der Waals surface area contributed by atoms with E-state index in [0.717, 1.165) is 62.2 Å². The Kier molecular flexibility index (Phi) is 8.71. The summed E-state index contributed by atoms with van der Waals surface area (Å²) in [5.74, 6) is 0.470. The predicted molar refractivity (Wildman–Crippen MR) is 154 cm³/mol. The number of nitrogens with one attached hydrogen (secondary N) is 3. The van der Waals surface area contributed by atoms with Crippen molar-refractivity contribution in [1.82, 2.24) is 24.9 Å². The second-order valence-corrected chi connectivity index (χ2v) is 10.7. The summed E-state index contributed by atoms with van der Waals surface area (Å²) in [5, 5.41) is 14.7. The third-order valence-corrected chi connectivity index (χ3v) is 7.45. The largest absolute Gasteiger partial charge is 0.381 e. The third kappa shape index (κ3) is 6.15.